The fraction of sp³-hybridized carbons (Fsp3) is 0.100. The number of carbonyl (C=O) groups is 1. The Morgan fingerprint density at radius 1 is 1.21 bits per heavy atom. The molecule has 0 amide bonds. The van der Waals surface area contributed by atoms with Crippen molar-refractivity contribution in [3.05, 3.63) is 70.9 Å². The van der Waals surface area contributed by atoms with E-state index < -0.39 is 0 Å². The van der Waals surface area contributed by atoms with Crippen molar-refractivity contribution in [2.45, 2.75) is 6.92 Å². The first-order chi connectivity index (χ1) is 11.6. The number of ether oxygens (including phenoxy) is 1. The second-order valence-electron chi connectivity index (χ2n) is 5.44. The van der Waals surface area contributed by atoms with Crippen molar-refractivity contribution in [1.29, 1.82) is 5.26 Å². The molecular formula is C20H16N2O2. The van der Waals surface area contributed by atoms with Gasteiger partial charge in [-0.05, 0) is 31.2 Å². The molecule has 0 saturated heterocycles. The first-order valence-corrected chi connectivity index (χ1v) is 7.52. The van der Waals surface area contributed by atoms with Crippen LogP contribution in [0.25, 0.3) is 17.0 Å². The Balaban J connectivity index is 2.07. The molecule has 1 N–H and O–H groups in total. The number of methoxy groups -OCH3 is 1. The molecule has 0 spiro atoms. The van der Waals surface area contributed by atoms with E-state index in [9.17, 15) is 10.1 Å². The molecule has 24 heavy (non-hydrogen) atoms. The number of aromatic amines is 1. The molecule has 3 aromatic rings. The highest BCUT2D eigenvalue weighted by Gasteiger charge is 2.15. The Morgan fingerprint density at radius 3 is 2.75 bits per heavy atom. The zero-order chi connectivity index (χ0) is 17.1. The van der Waals surface area contributed by atoms with E-state index in [1.54, 1.807) is 37.5 Å². The van der Waals surface area contributed by atoms with E-state index >= 15 is 0 Å². The number of nitrogens with one attached hydrogen (secondary N) is 1. The van der Waals surface area contributed by atoms with Gasteiger partial charge in [0.1, 0.15) is 17.4 Å². The SMILES string of the molecule is COc1cccc(C(=O)/C(C#N)=C/c2c(C)[nH]c3ccccc23)c1. The molecule has 0 fully saturated rings. The molecule has 0 aliphatic carbocycles. The minimum absolute atomic E-state index is 0.0936. The number of allylic oxidation sites excluding steroid dienone is 1. The molecule has 0 aliphatic heterocycles. The molecule has 4 heteroatoms. The third-order valence-electron chi connectivity index (χ3n) is 3.93. The monoisotopic (exact) mass is 316 g/mol. The van der Waals surface area contributed by atoms with Gasteiger partial charge < -0.3 is 9.72 Å². The number of nitriles is 1. The summed E-state index contributed by atoms with van der Waals surface area (Å²) in [5.41, 5.74) is 3.28. The normalized spacial score (nSPS) is 11.3. The van der Waals surface area contributed by atoms with Crippen LogP contribution in [-0.2, 0) is 0 Å². The van der Waals surface area contributed by atoms with Crippen LogP contribution in [-0.4, -0.2) is 17.9 Å². The second kappa shape index (κ2) is 6.43. The number of ketones is 1. The lowest BCUT2D eigenvalue weighted by Crippen LogP contribution is -2.02. The molecule has 0 saturated carbocycles. The standard InChI is InChI=1S/C20H16N2O2/c1-13-18(17-8-3-4-9-19(17)22-13)11-15(12-21)20(23)14-6-5-7-16(10-14)24-2/h3-11,22H,1-2H3/b15-11+. The molecular weight excluding hydrogens is 300 g/mol. The Labute approximate surface area is 140 Å². The van der Waals surface area contributed by atoms with Gasteiger partial charge in [-0.25, -0.2) is 0 Å². The number of aromatic nitrogens is 1. The third kappa shape index (κ3) is 2.80. The molecule has 0 bridgehead atoms. The largest absolute Gasteiger partial charge is 0.497 e. The predicted molar refractivity (Wildman–Crippen MR) is 94.0 cm³/mol. The number of fused-ring (bicyclic) bond motifs is 1. The number of Topliss-reactive ketones (excluding diaryl/α,β-unsaturated/α-hetero) is 1. The molecule has 3 rings (SSSR count). The predicted octanol–water partition coefficient (Wildman–Crippen LogP) is 4.27. The third-order valence-corrected chi connectivity index (χ3v) is 3.93. The van der Waals surface area contributed by atoms with Gasteiger partial charge in [-0.2, -0.15) is 5.26 Å². The summed E-state index contributed by atoms with van der Waals surface area (Å²) in [6.07, 6.45) is 1.65. The van der Waals surface area contributed by atoms with Gasteiger partial charge in [0.25, 0.3) is 0 Å². The molecule has 2 aromatic carbocycles. The molecule has 118 valence electrons. The molecule has 0 radical (unpaired) electrons. The zero-order valence-corrected chi connectivity index (χ0v) is 13.5. The highest BCUT2D eigenvalue weighted by Crippen LogP contribution is 2.25. The maximum Gasteiger partial charge on any atom is 0.203 e. The summed E-state index contributed by atoms with van der Waals surface area (Å²) in [4.78, 5) is 15.9. The summed E-state index contributed by atoms with van der Waals surface area (Å²) < 4.78 is 5.14. The smallest absolute Gasteiger partial charge is 0.203 e. The van der Waals surface area contributed by atoms with E-state index in [4.69, 9.17) is 4.74 Å². The topological polar surface area (TPSA) is 65.9 Å². The summed E-state index contributed by atoms with van der Waals surface area (Å²) in [7, 11) is 1.54. The van der Waals surface area contributed by atoms with Crippen LogP contribution in [0.4, 0.5) is 0 Å². The van der Waals surface area contributed by atoms with E-state index in [1.165, 1.54) is 0 Å². The number of H-pyrrole nitrogens is 1. The molecule has 4 nitrogen and oxygen atoms in total. The summed E-state index contributed by atoms with van der Waals surface area (Å²) in [6.45, 7) is 1.93. The van der Waals surface area contributed by atoms with E-state index in [1.807, 2.05) is 37.3 Å². The highest BCUT2D eigenvalue weighted by atomic mass is 16.5. The molecule has 1 aromatic heterocycles. The van der Waals surface area contributed by atoms with Gasteiger partial charge in [0, 0.05) is 27.7 Å². The summed E-state index contributed by atoms with van der Waals surface area (Å²) >= 11 is 0. The van der Waals surface area contributed by atoms with Crippen LogP contribution >= 0.6 is 0 Å². The summed E-state index contributed by atoms with van der Waals surface area (Å²) in [5.74, 6) is 0.266. The maximum absolute atomic E-state index is 12.7. The highest BCUT2D eigenvalue weighted by molar-refractivity contribution is 6.15. The quantitative estimate of drug-likeness (QED) is 0.444. The van der Waals surface area contributed by atoms with E-state index in [0.29, 0.717) is 11.3 Å². The van der Waals surface area contributed by atoms with Crippen LogP contribution in [0.2, 0.25) is 0 Å². The van der Waals surface area contributed by atoms with Crippen molar-refractivity contribution in [1.82, 2.24) is 4.98 Å². The lowest BCUT2D eigenvalue weighted by atomic mass is 10.0. The van der Waals surface area contributed by atoms with E-state index in [-0.39, 0.29) is 11.4 Å². The lowest BCUT2D eigenvalue weighted by molar-refractivity contribution is 0.103. The van der Waals surface area contributed by atoms with Crippen LogP contribution in [0.15, 0.2) is 54.1 Å². The van der Waals surface area contributed by atoms with E-state index in [2.05, 4.69) is 4.98 Å². The Hall–Kier alpha value is -3.32. The maximum atomic E-state index is 12.7. The average molecular weight is 316 g/mol. The van der Waals surface area contributed by atoms with Crippen molar-refractivity contribution >= 4 is 22.8 Å². The van der Waals surface area contributed by atoms with Crippen molar-refractivity contribution in [3.8, 4) is 11.8 Å². The molecule has 0 unspecified atom stereocenters. The fourth-order valence-corrected chi connectivity index (χ4v) is 2.70. The zero-order valence-electron chi connectivity index (χ0n) is 13.5. The average Bonchev–Trinajstić information content (AvgIpc) is 2.94. The van der Waals surface area contributed by atoms with Gasteiger partial charge in [0.05, 0.1) is 7.11 Å². The summed E-state index contributed by atoms with van der Waals surface area (Å²) in [5, 5.41) is 10.5. The minimum Gasteiger partial charge on any atom is -0.497 e. The van der Waals surface area contributed by atoms with Crippen molar-refractivity contribution in [2.24, 2.45) is 0 Å². The molecule has 0 aliphatic rings. The van der Waals surface area contributed by atoms with Crippen molar-refractivity contribution in [2.75, 3.05) is 7.11 Å². The van der Waals surface area contributed by atoms with Gasteiger partial charge in [0.15, 0.2) is 0 Å². The number of benzene rings is 2. The molecule has 0 atom stereocenters. The Morgan fingerprint density at radius 2 is 2.00 bits per heavy atom. The van der Waals surface area contributed by atoms with Crippen molar-refractivity contribution < 1.29 is 9.53 Å². The Bertz CT molecular complexity index is 990. The Kier molecular flexibility index (Phi) is 4.17. The van der Waals surface area contributed by atoms with Gasteiger partial charge in [-0.15, -0.1) is 0 Å². The first-order valence-electron chi connectivity index (χ1n) is 7.52. The van der Waals surface area contributed by atoms with Crippen LogP contribution in [0.5, 0.6) is 5.75 Å². The van der Waals surface area contributed by atoms with Crippen LogP contribution in [0.3, 0.4) is 0 Å². The van der Waals surface area contributed by atoms with Gasteiger partial charge >= 0.3 is 0 Å². The number of carbonyl (C=O) groups excluding carboxylic acids is 1. The fourth-order valence-electron chi connectivity index (χ4n) is 2.70. The van der Waals surface area contributed by atoms with E-state index in [0.717, 1.165) is 22.2 Å². The van der Waals surface area contributed by atoms with Gasteiger partial charge in [-0.1, -0.05) is 30.3 Å². The summed E-state index contributed by atoms with van der Waals surface area (Å²) in [6, 6.07) is 16.6. The number of rotatable bonds is 4. The first kappa shape index (κ1) is 15.6. The minimum atomic E-state index is -0.318. The second-order valence-corrected chi connectivity index (χ2v) is 5.44. The number of para-hydroxylation sites is 1. The van der Waals surface area contributed by atoms with Crippen LogP contribution < -0.4 is 4.74 Å². The number of nitrogens with zero attached hydrogens (tertiary/aromatic N) is 1. The van der Waals surface area contributed by atoms with Crippen LogP contribution in [0.1, 0.15) is 21.6 Å². The van der Waals surface area contributed by atoms with Gasteiger partial charge in [0.2, 0.25) is 5.78 Å². The number of hydrogen-bond donors (Lipinski definition) is 1. The number of aryl methyl sites for hydroxylation is 1. The van der Waals surface area contributed by atoms with Crippen molar-refractivity contribution in [3.63, 3.8) is 0 Å². The molecule has 1 heterocycles. The van der Waals surface area contributed by atoms with Crippen LogP contribution in [0, 0.1) is 18.3 Å². The number of hydrogen-bond acceptors (Lipinski definition) is 3. The van der Waals surface area contributed by atoms with Gasteiger partial charge in [-0.3, -0.25) is 4.79 Å². The lowest BCUT2D eigenvalue weighted by Gasteiger charge is -2.03.